The van der Waals surface area contributed by atoms with Gasteiger partial charge in [-0.1, -0.05) is 44.2 Å². The van der Waals surface area contributed by atoms with Crippen LogP contribution in [0, 0.1) is 12.8 Å². The van der Waals surface area contributed by atoms with E-state index in [9.17, 15) is 4.79 Å². The summed E-state index contributed by atoms with van der Waals surface area (Å²) < 4.78 is 7.24. The van der Waals surface area contributed by atoms with Crippen molar-refractivity contribution in [2.75, 3.05) is 6.54 Å². The number of nitrogens with zero attached hydrogens (tertiary/aromatic N) is 2. The Morgan fingerprint density at radius 1 is 1.30 bits per heavy atom. The third-order valence-electron chi connectivity index (χ3n) is 3.48. The van der Waals surface area contributed by atoms with Crippen LogP contribution in [-0.4, -0.2) is 22.2 Å². The lowest BCUT2D eigenvalue weighted by atomic mass is 10.1. The fourth-order valence-electron chi connectivity index (χ4n) is 2.37. The first-order valence-electron chi connectivity index (χ1n) is 8.02. The molecule has 1 aromatic heterocycles. The van der Waals surface area contributed by atoms with Crippen molar-refractivity contribution in [3.63, 3.8) is 0 Å². The van der Waals surface area contributed by atoms with Crippen LogP contribution in [0.2, 0.25) is 0 Å². The van der Waals surface area contributed by atoms with Gasteiger partial charge in [0.05, 0.1) is 5.69 Å². The number of ether oxygens (including phenoxy) is 1. The Labute approximate surface area is 137 Å². The lowest BCUT2D eigenvalue weighted by Gasteiger charge is -2.08. The van der Waals surface area contributed by atoms with Crippen LogP contribution in [0.15, 0.2) is 36.5 Å². The zero-order chi connectivity index (χ0) is 16.7. The monoisotopic (exact) mass is 315 g/mol. The summed E-state index contributed by atoms with van der Waals surface area (Å²) in [5.74, 6) is 1.56. The van der Waals surface area contributed by atoms with Gasteiger partial charge in [-0.2, -0.15) is 0 Å². The van der Waals surface area contributed by atoms with Crippen molar-refractivity contribution >= 4 is 6.09 Å². The molecule has 23 heavy (non-hydrogen) atoms. The van der Waals surface area contributed by atoms with Gasteiger partial charge in [0.2, 0.25) is 0 Å². The van der Waals surface area contributed by atoms with Gasteiger partial charge in [-0.05, 0) is 24.8 Å². The summed E-state index contributed by atoms with van der Waals surface area (Å²) in [6.45, 7) is 7.84. The second kappa shape index (κ2) is 8.36. The molecule has 0 saturated carbocycles. The van der Waals surface area contributed by atoms with E-state index in [1.54, 1.807) is 0 Å². The summed E-state index contributed by atoms with van der Waals surface area (Å²) in [5.41, 5.74) is 2.08. The van der Waals surface area contributed by atoms with Crippen molar-refractivity contribution in [2.45, 2.75) is 40.3 Å². The fourth-order valence-corrected chi connectivity index (χ4v) is 2.37. The van der Waals surface area contributed by atoms with Gasteiger partial charge in [-0.15, -0.1) is 0 Å². The Morgan fingerprint density at radius 2 is 2.04 bits per heavy atom. The molecule has 5 nitrogen and oxygen atoms in total. The lowest BCUT2D eigenvalue weighted by Crippen LogP contribution is -2.27. The Balaban J connectivity index is 1.72. The number of benzene rings is 1. The number of amides is 1. The highest BCUT2D eigenvalue weighted by Gasteiger charge is 2.07. The number of carbonyl (C=O) groups is 1. The average Bonchev–Trinajstić information content (AvgIpc) is 2.85. The number of nitrogens with one attached hydrogen (secondary N) is 1. The van der Waals surface area contributed by atoms with Gasteiger partial charge < -0.3 is 14.6 Å². The molecule has 0 saturated heterocycles. The molecule has 1 heterocycles. The largest absolute Gasteiger partial charge is 0.445 e. The molecule has 0 aliphatic rings. The zero-order valence-electron chi connectivity index (χ0n) is 14.1. The quantitative estimate of drug-likeness (QED) is 0.853. The molecule has 0 unspecified atom stereocenters. The molecule has 2 rings (SSSR count). The second-order valence-electron chi connectivity index (χ2n) is 6.06. The number of alkyl carbamates (subject to hydrolysis) is 1. The Bertz CT molecular complexity index is 620. The molecule has 0 radical (unpaired) electrons. The predicted molar refractivity (Wildman–Crippen MR) is 90.1 cm³/mol. The van der Waals surface area contributed by atoms with Crippen LogP contribution in [0.4, 0.5) is 4.79 Å². The number of rotatable bonds is 7. The first-order chi connectivity index (χ1) is 11.0. The summed E-state index contributed by atoms with van der Waals surface area (Å²) in [4.78, 5) is 16.2. The Kier molecular flexibility index (Phi) is 6.20. The zero-order valence-corrected chi connectivity index (χ0v) is 14.1. The van der Waals surface area contributed by atoms with E-state index in [4.69, 9.17) is 4.74 Å². The number of aryl methyl sites for hydroxylation is 1. The van der Waals surface area contributed by atoms with Gasteiger partial charge >= 0.3 is 6.09 Å². The summed E-state index contributed by atoms with van der Waals surface area (Å²) >= 11 is 0. The van der Waals surface area contributed by atoms with Crippen molar-refractivity contribution in [1.82, 2.24) is 14.9 Å². The van der Waals surface area contributed by atoms with E-state index in [0.29, 0.717) is 19.0 Å². The molecular weight excluding hydrogens is 290 g/mol. The molecule has 0 aliphatic heterocycles. The SMILES string of the molecule is Cc1nc(CC(C)C)cn1CCNC(=O)OCc1ccccc1. The number of imidazole rings is 1. The van der Waals surface area contributed by atoms with Crippen LogP contribution in [0.5, 0.6) is 0 Å². The number of carbonyl (C=O) groups excluding carboxylic acids is 1. The van der Waals surface area contributed by atoms with Gasteiger partial charge in [-0.25, -0.2) is 9.78 Å². The van der Waals surface area contributed by atoms with E-state index in [2.05, 4.69) is 34.9 Å². The van der Waals surface area contributed by atoms with E-state index in [1.807, 2.05) is 37.3 Å². The fraction of sp³-hybridized carbons (Fsp3) is 0.444. The van der Waals surface area contributed by atoms with E-state index in [-0.39, 0.29) is 6.61 Å². The van der Waals surface area contributed by atoms with Crippen LogP contribution in [0.25, 0.3) is 0 Å². The summed E-state index contributed by atoms with van der Waals surface area (Å²) in [7, 11) is 0. The van der Waals surface area contributed by atoms with Crippen LogP contribution < -0.4 is 5.32 Å². The van der Waals surface area contributed by atoms with Crippen LogP contribution >= 0.6 is 0 Å². The minimum Gasteiger partial charge on any atom is -0.445 e. The van der Waals surface area contributed by atoms with Crippen molar-refractivity contribution in [3.8, 4) is 0 Å². The molecule has 0 aliphatic carbocycles. The van der Waals surface area contributed by atoms with Gasteiger partial charge in [-0.3, -0.25) is 0 Å². The summed E-state index contributed by atoms with van der Waals surface area (Å²) in [6, 6.07) is 9.64. The highest BCUT2D eigenvalue weighted by atomic mass is 16.5. The molecule has 5 heteroatoms. The number of aromatic nitrogens is 2. The summed E-state index contributed by atoms with van der Waals surface area (Å²) in [5, 5.41) is 2.77. The molecule has 124 valence electrons. The van der Waals surface area contributed by atoms with Crippen LogP contribution in [0.1, 0.15) is 30.9 Å². The predicted octanol–water partition coefficient (Wildman–Crippen LogP) is 3.32. The lowest BCUT2D eigenvalue weighted by molar-refractivity contribution is 0.139. The molecular formula is C18H25N3O2. The van der Waals surface area contributed by atoms with Crippen LogP contribution in [-0.2, 0) is 24.3 Å². The van der Waals surface area contributed by atoms with E-state index in [1.165, 1.54) is 0 Å². The minimum atomic E-state index is -0.394. The van der Waals surface area contributed by atoms with Gasteiger partial charge in [0.1, 0.15) is 12.4 Å². The topological polar surface area (TPSA) is 56.2 Å². The maximum absolute atomic E-state index is 11.7. The Hall–Kier alpha value is -2.30. The smallest absolute Gasteiger partial charge is 0.407 e. The Morgan fingerprint density at radius 3 is 2.74 bits per heavy atom. The minimum absolute atomic E-state index is 0.287. The van der Waals surface area contributed by atoms with Gasteiger partial charge in [0.25, 0.3) is 0 Å². The van der Waals surface area contributed by atoms with Gasteiger partial charge in [0, 0.05) is 19.3 Å². The third-order valence-corrected chi connectivity index (χ3v) is 3.48. The molecule has 0 spiro atoms. The van der Waals surface area contributed by atoms with E-state index >= 15 is 0 Å². The van der Waals surface area contributed by atoms with Crippen molar-refractivity contribution in [3.05, 3.63) is 53.6 Å². The first-order valence-corrected chi connectivity index (χ1v) is 8.02. The van der Waals surface area contributed by atoms with Crippen LogP contribution in [0.3, 0.4) is 0 Å². The highest BCUT2D eigenvalue weighted by Crippen LogP contribution is 2.08. The molecule has 2 aromatic rings. The third kappa shape index (κ3) is 5.77. The molecule has 0 atom stereocenters. The highest BCUT2D eigenvalue weighted by molar-refractivity contribution is 5.67. The van der Waals surface area contributed by atoms with Crippen molar-refractivity contribution in [1.29, 1.82) is 0 Å². The number of hydrogen-bond acceptors (Lipinski definition) is 3. The maximum Gasteiger partial charge on any atom is 0.407 e. The van der Waals surface area contributed by atoms with Crippen molar-refractivity contribution in [2.24, 2.45) is 5.92 Å². The first kappa shape index (κ1) is 17.1. The molecule has 1 N–H and O–H groups in total. The number of hydrogen-bond donors (Lipinski definition) is 1. The van der Waals surface area contributed by atoms with E-state index in [0.717, 1.165) is 23.5 Å². The standard InChI is InChI=1S/C18H25N3O2/c1-14(2)11-17-12-21(15(3)20-17)10-9-19-18(22)23-13-16-7-5-4-6-8-16/h4-8,12,14H,9-11,13H2,1-3H3,(H,19,22). The second-order valence-corrected chi connectivity index (χ2v) is 6.06. The molecule has 1 amide bonds. The normalized spacial score (nSPS) is 10.8. The van der Waals surface area contributed by atoms with Gasteiger partial charge in [0.15, 0.2) is 0 Å². The molecule has 1 aromatic carbocycles. The van der Waals surface area contributed by atoms with E-state index < -0.39 is 6.09 Å². The van der Waals surface area contributed by atoms with Crippen molar-refractivity contribution < 1.29 is 9.53 Å². The maximum atomic E-state index is 11.7. The molecule has 0 bridgehead atoms. The summed E-state index contributed by atoms with van der Waals surface area (Å²) in [6.07, 6.45) is 2.64. The average molecular weight is 315 g/mol. The molecule has 0 fully saturated rings.